The van der Waals surface area contributed by atoms with Crippen molar-refractivity contribution in [2.75, 3.05) is 29.9 Å². The lowest BCUT2D eigenvalue weighted by Gasteiger charge is -2.32. The van der Waals surface area contributed by atoms with E-state index in [-0.39, 0.29) is 24.8 Å². The number of anilines is 2. The quantitative estimate of drug-likeness (QED) is 0.811. The lowest BCUT2D eigenvalue weighted by Crippen LogP contribution is -2.35. The third-order valence-corrected chi connectivity index (χ3v) is 5.18. The summed E-state index contributed by atoms with van der Waals surface area (Å²) in [4.78, 5) is 11.2. The highest BCUT2D eigenvalue weighted by molar-refractivity contribution is 5.85. The van der Waals surface area contributed by atoms with Crippen molar-refractivity contribution in [2.45, 2.75) is 37.6 Å². The number of nitrogens with zero attached hydrogens (tertiary/aromatic N) is 3. The summed E-state index contributed by atoms with van der Waals surface area (Å²) in [6.07, 6.45) is 6.18. The van der Waals surface area contributed by atoms with Gasteiger partial charge in [-0.25, -0.2) is 9.97 Å². The number of halogens is 2. The summed E-state index contributed by atoms with van der Waals surface area (Å²) in [5, 5.41) is 3.45. The molecule has 1 aliphatic heterocycles. The van der Waals surface area contributed by atoms with Crippen LogP contribution >= 0.6 is 24.8 Å². The van der Waals surface area contributed by atoms with E-state index in [1.165, 1.54) is 24.1 Å². The van der Waals surface area contributed by atoms with E-state index in [1.54, 1.807) is 6.33 Å². The van der Waals surface area contributed by atoms with E-state index in [1.807, 2.05) is 0 Å². The Bertz CT molecular complexity index is 706. The van der Waals surface area contributed by atoms with Gasteiger partial charge in [-0.1, -0.05) is 18.2 Å². The fourth-order valence-corrected chi connectivity index (χ4v) is 3.76. The molecule has 1 aliphatic carbocycles. The fraction of sp³-hybridized carbons (Fsp3) is 0.474. The average molecular weight is 396 g/mol. The first kappa shape index (κ1) is 20.7. The van der Waals surface area contributed by atoms with Crippen molar-refractivity contribution < 1.29 is 0 Å². The predicted molar refractivity (Wildman–Crippen MR) is 112 cm³/mol. The second kappa shape index (κ2) is 9.40. The van der Waals surface area contributed by atoms with E-state index in [9.17, 15) is 0 Å². The standard InChI is InChI=1S/C19H25N5.2ClH/c20-16-10-15(11-16)17-12-19(23-13-22-17)21-7-9-24-8-3-5-14-4-1-2-6-18(14)24;;/h1-2,4,6,12-13,15-16H,3,5,7-11,20H2,(H,21,22,23);2*1H. The zero-order valence-corrected chi connectivity index (χ0v) is 16.4. The van der Waals surface area contributed by atoms with E-state index in [0.717, 1.165) is 44.0 Å². The summed E-state index contributed by atoms with van der Waals surface area (Å²) < 4.78 is 0. The van der Waals surface area contributed by atoms with E-state index >= 15 is 0 Å². The maximum absolute atomic E-state index is 5.88. The van der Waals surface area contributed by atoms with E-state index in [2.05, 4.69) is 50.5 Å². The van der Waals surface area contributed by atoms with Crippen molar-refractivity contribution in [2.24, 2.45) is 5.73 Å². The second-order valence-corrected chi connectivity index (χ2v) is 6.90. The van der Waals surface area contributed by atoms with Crippen LogP contribution in [0, 0.1) is 0 Å². The van der Waals surface area contributed by atoms with E-state index in [0.29, 0.717) is 12.0 Å². The molecule has 2 aliphatic rings. The Morgan fingerprint density at radius 2 is 1.96 bits per heavy atom. The van der Waals surface area contributed by atoms with Gasteiger partial charge < -0.3 is 16.0 Å². The molecule has 0 spiro atoms. The Morgan fingerprint density at radius 3 is 2.77 bits per heavy atom. The molecule has 26 heavy (non-hydrogen) atoms. The molecule has 2 aromatic rings. The fourth-order valence-electron chi connectivity index (χ4n) is 3.76. The third-order valence-electron chi connectivity index (χ3n) is 5.18. The number of benzene rings is 1. The molecular weight excluding hydrogens is 369 g/mol. The molecule has 0 radical (unpaired) electrons. The Hall–Kier alpha value is -1.56. The Morgan fingerprint density at radius 1 is 1.15 bits per heavy atom. The van der Waals surface area contributed by atoms with Gasteiger partial charge in [0, 0.05) is 49.0 Å². The smallest absolute Gasteiger partial charge is 0.129 e. The average Bonchev–Trinajstić information content (AvgIpc) is 2.59. The number of nitrogens with two attached hydrogens (primary N) is 1. The molecule has 4 rings (SSSR count). The maximum Gasteiger partial charge on any atom is 0.129 e. The molecular formula is C19H27Cl2N5. The second-order valence-electron chi connectivity index (χ2n) is 6.90. The molecule has 0 atom stereocenters. The molecule has 0 saturated heterocycles. The van der Waals surface area contributed by atoms with Crippen LogP contribution in [0.15, 0.2) is 36.7 Å². The van der Waals surface area contributed by atoms with Gasteiger partial charge in [-0.2, -0.15) is 0 Å². The van der Waals surface area contributed by atoms with Crippen LogP contribution < -0.4 is 16.0 Å². The molecule has 3 N–H and O–H groups in total. The number of rotatable bonds is 5. The third kappa shape index (κ3) is 4.58. The van der Waals surface area contributed by atoms with Crippen LogP contribution in [0.3, 0.4) is 0 Å². The van der Waals surface area contributed by atoms with Crippen molar-refractivity contribution in [3.8, 4) is 0 Å². The first-order valence-corrected chi connectivity index (χ1v) is 8.94. The van der Waals surface area contributed by atoms with E-state index in [4.69, 9.17) is 5.73 Å². The van der Waals surface area contributed by atoms with Crippen LogP contribution in [0.4, 0.5) is 11.5 Å². The molecule has 1 fully saturated rings. The van der Waals surface area contributed by atoms with Crippen molar-refractivity contribution in [3.05, 3.63) is 47.9 Å². The molecule has 0 bridgehead atoms. The SMILES string of the molecule is Cl.Cl.NC1CC(c2cc(NCCN3CCCc4ccccc43)ncn2)C1. The molecule has 142 valence electrons. The van der Waals surface area contributed by atoms with E-state index < -0.39 is 0 Å². The largest absolute Gasteiger partial charge is 0.370 e. The minimum atomic E-state index is 0. The summed E-state index contributed by atoms with van der Waals surface area (Å²) in [5.74, 6) is 1.43. The molecule has 0 unspecified atom stereocenters. The maximum atomic E-state index is 5.88. The van der Waals surface area contributed by atoms with Crippen LogP contribution in [0.25, 0.3) is 0 Å². The number of fused-ring (bicyclic) bond motifs is 1. The minimum absolute atomic E-state index is 0. The molecule has 1 aromatic carbocycles. The zero-order valence-electron chi connectivity index (χ0n) is 14.8. The molecule has 1 aromatic heterocycles. The Kier molecular flexibility index (Phi) is 7.50. The number of aromatic nitrogens is 2. The number of hydrogen-bond acceptors (Lipinski definition) is 5. The van der Waals surface area contributed by atoms with Crippen molar-refractivity contribution in [3.63, 3.8) is 0 Å². The van der Waals surface area contributed by atoms with Gasteiger partial charge in [0.2, 0.25) is 0 Å². The summed E-state index contributed by atoms with van der Waals surface area (Å²) >= 11 is 0. The highest BCUT2D eigenvalue weighted by atomic mass is 35.5. The van der Waals surface area contributed by atoms with Gasteiger partial charge in [-0.15, -0.1) is 24.8 Å². The van der Waals surface area contributed by atoms with Crippen molar-refractivity contribution in [1.82, 2.24) is 9.97 Å². The lowest BCUT2D eigenvalue weighted by atomic mass is 9.79. The normalized spacial score (nSPS) is 20.9. The zero-order chi connectivity index (χ0) is 16.4. The summed E-state index contributed by atoms with van der Waals surface area (Å²) in [5.41, 5.74) is 9.86. The first-order valence-electron chi connectivity index (χ1n) is 8.94. The number of aryl methyl sites for hydroxylation is 1. The van der Waals surface area contributed by atoms with Crippen LogP contribution in [0.2, 0.25) is 0 Å². The number of nitrogens with one attached hydrogen (secondary N) is 1. The van der Waals surface area contributed by atoms with Crippen LogP contribution in [0.5, 0.6) is 0 Å². The van der Waals surface area contributed by atoms with Gasteiger partial charge in [-0.3, -0.25) is 0 Å². The summed E-state index contributed by atoms with van der Waals surface area (Å²) in [6.45, 7) is 3.01. The van der Waals surface area contributed by atoms with Crippen molar-refractivity contribution >= 4 is 36.3 Å². The minimum Gasteiger partial charge on any atom is -0.370 e. The Balaban J connectivity index is 0.00000121. The lowest BCUT2D eigenvalue weighted by molar-refractivity contribution is 0.345. The van der Waals surface area contributed by atoms with Crippen LogP contribution in [-0.2, 0) is 6.42 Å². The highest BCUT2D eigenvalue weighted by Crippen LogP contribution is 2.34. The van der Waals surface area contributed by atoms with Gasteiger partial charge in [0.1, 0.15) is 12.1 Å². The van der Waals surface area contributed by atoms with Gasteiger partial charge in [0.25, 0.3) is 0 Å². The van der Waals surface area contributed by atoms with Gasteiger partial charge >= 0.3 is 0 Å². The Labute approximate surface area is 167 Å². The van der Waals surface area contributed by atoms with Crippen LogP contribution in [0.1, 0.15) is 36.4 Å². The van der Waals surface area contributed by atoms with Gasteiger partial charge in [0.05, 0.1) is 0 Å². The first-order chi connectivity index (χ1) is 11.8. The number of hydrogen-bond donors (Lipinski definition) is 2. The molecule has 2 heterocycles. The summed E-state index contributed by atoms with van der Waals surface area (Å²) in [6, 6.07) is 11.2. The molecule has 7 heteroatoms. The van der Waals surface area contributed by atoms with Crippen molar-refractivity contribution in [1.29, 1.82) is 0 Å². The topological polar surface area (TPSA) is 67.1 Å². The van der Waals surface area contributed by atoms with Crippen LogP contribution in [-0.4, -0.2) is 35.6 Å². The monoisotopic (exact) mass is 395 g/mol. The number of para-hydroxylation sites is 1. The van der Waals surface area contributed by atoms with Gasteiger partial charge in [-0.05, 0) is 37.3 Å². The molecule has 0 amide bonds. The summed E-state index contributed by atoms with van der Waals surface area (Å²) in [7, 11) is 0. The predicted octanol–water partition coefficient (Wildman–Crippen LogP) is 3.39. The molecule has 5 nitrogen and oxygen atoms in total. The molecule has 1 saturated carbocycles. The highest BCUT2D eigenvalue weighted by Gasteiger charge is 2.28. The van der Waals surface area contributed by atoms with Gasteiger partial charge in [0.15, 0.2) is 0 Å².